The summed E-state index contributed by atoms with van der Waals surface area (Å²) in [5.41, 5.74) is 3.60. The molecule has 0 bridgehead atoms. The molecule has 2 aliphatic rings. The second-order valence-electron chi connectivity index (χ2n) is 9.23. The fourth-order valence-electron chi connectivity index (χ4n) is 4.76. The summed E-state index contributed by atoms with van der Waals surface area (Å²) in [5, 5.41) is 0. The van der Waals surface area contributed by atoms with Crippen LogP contribution in [-0.2, 0) is 11.3 Å². The van der Waals surface area contributed by atoms with Crippen molar-refractivity contribution in [3.63, 3.8) is 0 Å². The van der Waals surface area contributed by atoms with Gasteiger partial charge in [0, 0.05) is 51.1 Å². The Morgan fingerprint density at radius 1 is 0.886 bits per heavy atom. The van der Waals surface area contributed by atoms with Crippen molar-refractivity contribution in [2.75, 3.05) is 39.4 Å². The highest BCUT2D eigenvalue weighted by molar-refractivity contribution is 5.94. The summed E-state index contributed by atoms with van der Waals surface area (Å²) in [6, 6.07) is 22.2. The average Bonchev–Trinajstić information content (AvgIpc) is 2.90. The van der Waals surface area contributed by atoms with Gasteiger partial charge < -0.3 is 14.4 Å². The summed E-state index contributed by atoms with van der Waals surface area (Å²) >= 11 is 0. The van der Waals surface area contributed by atoms with Gasteiger partial charge in [-0.05, 0) is 53.1 Å². The molecule has 6 heteroatoms. The summed E-state index contributed by atoms with van der Waals surface area (Å²) in [5.74, 6) is 0.659. The van der Waals surface area contributed by atoms with E-state index in [1.54, 1.807) is 6.07 Å². The monoisotopic (exact) mass is 474 g/mol. The smallest absolute Gasteiger partial charge is 0.253 e. The standard InChI is InChI=1S/C29H31FN2O3/c30-26-5-2-4-25(20-26)23-7-9-24(10-8-23)29(33)32-13-11-27(12-14-32)35-28-6-1-3-22(19-28)21-31-15-17-34-18-16-31/h1-10,19-20,27H,11-18,21H2. The number of rotatable bonds is 6. The molecule has 3 aromatic rings. The summed E-state index contributed by atoms with van der Waals surface area (Å²) in [6.45, 7) is 5.77. The van der Waals surface area contributed by atoms with Crippen molar-refractivity contribution in [1.82, 2.24) is 9.80 Å². The van der Waals surface area contributed by atoms with E-state index in [0.717, 1.165) is 62.6 Å². The second-order valence-corrected chi connectivity index (χ2v) is 9.23. The van der Waals surface area contributed by atoms with E-state index in [4.69, 9.17) is 9.47 Å². The molecular formula is C29H31FN2O3. The van der Waals surface area contributed by atoms with Crippen LogP contribution in [0.2, 0.25) is 0 Å². The Morgan fingerprint density at radius 2 is 1.63 bits per heavy atom. The molecule has 0 unspecified atom stereocenters. The highest BCUT2D eigenvalue weighted by Crippen LogP contribution is 2.24. The maximum atomic E-state index is 13.5. The predicted octanol–water partition coefficient (Wildman–Crippen LogP) is 5.01. The minimum Gasteiger partial charge on any atom is -0.490 e. The van der Waals surface area contributed by atoms with E-state index in [0.29, 0.717) is 18.7 Å². The Bertz CT molecular complexity index is 1140. The number of morpholine rings is 1. The van der Waals surface area contributed by atoms with Gasteiger partial charge in [0.05, 0.1) is 13.2 Å². The fourth-order valence-corrected chi connectivity index (χ4v) is 4.76. The van der Waals surface area contributed by atoms with Crippen molar-refractivity contribution in [2.24, 2.45) is 0 Å². The van der Waals surface area contributed by atoms with Crippen LogP contribution >= 0.6 is 0 Å². The Hall–Kier alpha value is -3.22. The van der Waals surface area contributed by atoms with Crippen molar-refractivity contribution in [1.29, 1.82) is 0 Å². The van der Waals surface area contributed by atoms with Crippen molar-refractivity contribution in [3.05, 3.63) is 89.7 Å². The number of ether oxygens (including phenoxy) is 2. The normalized spacial score (nSPS) is 17.3. The lowest BCUT2D eigenvalue weighted by Crippen LogP contribution is -2.41. The van der Waals surface area contributed by atoms with Crippen LogP contribution in [0.5, 0.6) is 5.75 Å². The largest absolute Gasteiger partial charge is 0.490 e. The van der Waals surface area contributed by atoms with Crippen LogP contribution in [0.15, 0.2) is 72.8 Å². The molecule has 2 fully saturated rings. The Labute approximate surface area is 206 Å². The SMILES string of the molecule is O=C(c1ccc(-c2cccc(F)c2)cc1)N1CCC(Oc2cccc(CN3CCOCC3)c2)CC1. The van der Waals surface area contributed by atoms with Crippen LogP contribution in [0.25, 0.3) is 11.1 Å². The fraction of sp³-hybridized carbons (Fsp3) is 0.345. The molecule has 3 aromatic carbocycles. The first-order valence-corrected chi connectivity index (χ1v) is 12.3. The van der Waals surface area contributed by atoms with Crippen LogP contribution in [0.1, 0.15) is 28.8 Å². The maximum absolute atomic E-state index is 13.5. The van der Waals surface area contributed by atoms with E-state index in [1.165, 1.54) is 17.7 Å². The van der Waals surface area contributed by atoms with Crippen molar-refractivity contribution in [3.8, 4) is 16.9 Å². The van der Waals surface area contributed by atoms with Gasteiger partial charge in [-0.2, -0.15) is 0 Å². The molecule has 0 aromatic heterocycles. The van der Waals surface area contributed by atoms with Gasteiger partial charge in [-0.25, -0.2) is 4.39 Å². The van der Waals surface area contributed by atoms with Crippen molar-refractivity contribution < 1.29 is 18.7 Å². The van der Waals surface area contributed by atoms with Crippen LogP contribution in [-0.4, -0.2) is 61.2 Å². The molecule has 1 amide bonds. The first kappa shape index (κ1) is 23.5. The molecule has 0 radical (unpaired) electrons. The number of carbonyl (C=O) groups is 1. The summed E-state index contributed by atoms with van der Waals surface area (Å²) in [4.78, 5) is 17.3. The third-order valence-corrected chi connectivity index (χ3v) is 6.73. The second kappa shape index (κ2) is 11.0. The number of likely N-dealkylation sites (tertiary alicyclic amines) is 1. The first-order valence-electron chi connectivity index (χ1n) is 12.3. The third-order valence-electron chi connectivity index (χ3n) is 6.73. The van der Waals surface area contributed by atoms with Gasteiger partial charge in [-0.3, -0.25) is 9.69 Å². The number of nitrogens with zero attached hydrogens (tertiary/aromatic N) is 2. The Balaban J connectivity index is 1.13. The number of hydrogen-bond donors (Lipinski definition) is 0. The molecule has 5 nitrogen and oxygen atoms in total. The van der Waals surface area contributed by atoms with Gasteiger partial charge in [0.15, 0.2) is 0 Å². The highest BCUT2D eigenvalue weighted by Gasteiger charge is 2.25. The van der Waals surface area contributed by atoms with Gasteiger partial charge in [0.25, 0.3) is 5.91 Å². The number of benzene rings is 3. The van der Waals surface area contributed by atoms with E-state index in [2.05, 4.69) is 23.1 Å². The van der Waals surface area contributed by atoms with E-state index < -0.39 is 0 Å². The molecule has 5 rings (SSSR count). The average molecular weight is 475 g/mol. The number of carbonyl (C=O) groups excluding carboxylic acids is 1. The Kier molecular flexibility index (Phi) is 7.40. The van der Waals surface area contributed by atoms with Crippen LogP contribution < -0.4 is 4.74 Å². The number of amides is 1. The molecule has 0 atom stereocenters. The number of halogens is 1. The molecular weight excluding hydrogens is 443 g/mol. The maximum Gasteiger partial charge on any atom is 0.253 e. The van der Waals surface area contributed by atoms with Crippen LogP contribution in [0.3, 0.4) is 0 Å². The quantitative estimate of drug-likeness (QED) is 0.504. The number of piperidine rings is 1. The van der Waals surface area contributed by atoms with Gasteiger partial charge in [0.2, 0.25) is 0 Å². The molecule has 2 saturated heterocycles. The Morgan fingerprint density at radius 3 is 2.37 bits per heavy atom. The molecule has 0 saturated carbocycles. The molecule has 0 spiro atoms. The third kappa shape index (κ3) is 6.08. The number of hydrogen-bond acceptors (Lipinski definition) is 4. The van der Waals surface area contributed by atoms with Crippen molar-refractivity contribution >= 4 is 5.91 Å². The van der Waals surface area contributed by atoms with Gasteiger partial charge in [-0.15, -0.1) is 0 Å². The molecule has 0 aliphatic carbocycles. The van der Waals surface area contributed by atoms with Crippen molar-refractivity contribution in [2.45, 2.75) is 25.5 Å². The summed E-state index contributed by atoms with van der Waals surface area (Å²) < 4.78 is 25.2. The minimum absolute atomic E-state index is 0.0294. The molecule has 0 N–H and O–H groups in total. The topological polar surface area (TPSA) is 42.0 Å². The van der Waals surface area contributed by atoms with E-state index in [1.807, 2.05) is 41.3 Å². The zero-order valence-electron chi connectivity index (χ0n) is 19.9. The van der Waals surface area contributed by atoms with Gasteiger partial charge in [0.1, 0.15) is 17.7 Å². The van der Waals surface area contributed by atoms with Gasteiger partial charge in [-0.1, -0.05) is 36.4 Å². The molecule has 35 heavy (non-hydrogen) atoms. The van der Waals surface area contributed by atoms with Gasteiger partial charge >= 0.3 is 0 Å². The van der Waals surface area contributed by atoms with E-state index in [-0.39, 0.29) is 17.8 Å². The molecule has 182 valence electrons. The lowest BCUT2D eigenvalue weighted by atomic mass is 10.0. The lowest BCUT2D eigenvalue weighted by molar-refractivity contribution is 0.0341. The first-order chi connectivity index (χ1) is 17.1. The van der Waals surface area contributed by atoms with E-state index >= 15 is 0 Å². The molecule has 2 heterocycles. The van der Waals surface area contributed by atoms with Crippen LogP contribution in [0, 0.1) is 5.82 Å². The van der Waals surface area contributed by atoms with E-state index in [9.17, 15) is 9.18 Å². The summed E-state index contributed by atoms with van der Waals surface area (Å²) in [6.07, 6.45) is 1.72. The zero-order valence-corrected chi connectivity index (χ0v) is 19.9. The zero-order chi connectivity index (χ0) is 24.0. The predicted molar refractivity (Wildman–Crippen MR) is 134 cm³/mol. The minimum atomic E-state index is -0.267. The van der Waals surface area contributed by atoms with Crippen LogP contribution in [0.4, 0.5) is 4.39 Å². The lowest BCUT2D eigenvalue weighted by Gasteiger charge is -2.32. The summed E-state index contributed by atoms with van der Waals surface area (Å²) in [7, 11) is 0. The molecule has 2 aliphatic heterocycles. The highest BCUT2D eigenvalue weighted by atomic mass is 19.1.